The Hall–Kier alpha value is -3.96. The van der Waals surface area contributed by atoms with Crippen LogP contribution in [0.4, 0.5) is 4.39 Å². The lowest BCUT2D eigenvalue weighted by Crippen LogP contribution is -2.35. The first-order valence-corrected chi connectivity index (χ1v) is 12.2. The zero-order chi connectivity index (χ0) is 25.2. The summed E-state index contributed by atoms with van der Waals surface area (Å²) in [6.07, 6.45) is 1.58. The second kappa shape index (κ2) is 12.7. The number of halogens is 1. The number of ether oxygens (including phenoxy) is 1. The van der Waals surface area contributed by atoms with Crippen molar-refractivity contribution in [3.8, 4) is 5.75 Å². The fourth-order valence-electron chi connectivity index (χ4n) is 4.17. The van der Waals surface area contributed by atoms with Gasteiger partial charge in [-0.25, -0.2) is 4.39 Å². The zero-order valence-corrected chi connectivity index (χ0v) is 20.3. The molecule has 5 heteroatoms. The van der Waals surface area contributed by atoms with Crippen molar-refractivity contribution in [3.05, 3.63) is 137 Å². The first kappa shape index (κ1) is 25.1. The van der Waals surface area contributed by atoms with Crippen LogP contribution in [-0.4, -0.2) is 23.9 Å². The molecule has 2 N–H and O–H groups in total. The van der Waals surface area contributed by atoms with Gasteiger partial charge in [0.2, 0.25) is 0 Å². The van der Waals surface area contributed by atoms with Crippen LogP contribution in [0.2, 0.25) is 0 Å². The topological polar surface area (TPSA) is 55.6 Å². The number of carbonyl (C=O) groups excluding carboxylic acids is 1. The zero-order valence-electron chi connectivity index (χ0n) is 20.3. The molecule has 1 amide bonds. The van der Waals surface area contributed by atoms with Crippen LogP contribution in [0, 0.1) is 5.82 Å². The van der Waals surface area contributed by atoms with Crippen LogP contribution >= 0.6 is 0 Å². The van der Waals surface area contributed by atoms with Crippen LogP contribution in [-0.2, 0) is 26.0 Å². The molecule has 4 nitrogen and oxygen atoms in total. The van der Waals surface area contributed by atoms with Crippen molar-refractivity contribution in [1.82, 2.24) is 4.90 Å². The summed E-state index contributed by atoms with van der Waals surface area (Å²) in [5.74, 6) is 0.207. The van der Waals surface area contributed by atoms with Crippen molar-refractivity contribution < 1.29 is 13.9 Å². The first-order valence-electron chi connectivity index (χ1n) is 12.2. The van der Waals surface area contributed by atoms with E-state index in [4.69, 9.17) is 10.5 Å². The molecule has 0 heterocycles. The number of amides is 1. The average molecular weight is 483 g/mol. The molecule has 0 aliphatic carbocycles. The molecule has 0 bridgehead atoms. The normalized spacial score (nSPS) is 10.7. The van der Waals surface area contributed by atoms with Gasteiger partial charge < -0.3 is 15.4 Å². The summed E-state index contributed by atoms with van der Waals surface area (Å²) in [5, 5.41) is 0. The Morgan fingerprint density at radius 2 is 1.42 bits per heavy atom. The highest BCUT2D eigenvalue weighted by atomic mass is 19.1. The summed E-state index contributed by atoms with van der Waals surface area (Å²) in [6.45, 7) is 1.62. The lowest BCUT2D eigenvalue weighted by Gasteiger charge is -2.25. The van der Waals surface area contributed by atoms with E-state index in [1.54, 1.807) is 11.0 Å². The molecule has 0 aliphatic heterocycles. The fraction of sp³-hybridized carbons (Fsp3) is 0.194. The van der Waals surface area contributed by atoms with Gasteiger partial charge in [-0.05, 0) is 59.4 Å². The molecule has 184 valence electrons. The summed E-state index contributed by atoms with van der Waals surface area (Å²) in [7, 11) is 0. The molecule has 0 unspecified atom stereocenters. The van der Waals surface area contributed by atoms with Crippen LogP contribution in [0.25, 0.3) is 0 Å². The molecule has 4 aromatic carbocycles. The number of nitrogens with zero attached hydrogens (tertiary/aromatic N) is 1. The number of hydrogen-bond donors (Lipinski definition) is 1. The molecule has 0 radical (unpaired) electrons. The quantitative estimate of drug-likeness (QED) is 0.294. The van der Waals surface area contributed by atoms with Crippen LogP contribution < -0.4 is 10.5 Å². The molecule has 4 rings (SSSR count). The standard InChI is InChI=1S/C31H31FN2O2/c32-28-18-15-24(16-19-28)14-17-26-10-4-5-11-27(26)22-34(21-20-33)31(35)29-12-6-7-13-30(29)36-23-25-8-2-1-3-9-25/h1-13,15-16,18-19H,14,17,20-23,33H2. The molecule has 0 fully saturated rings. The van der Waals surface area contributed by atoms with Gasteiger partial charge in [0.1, 0.15) is 18.2 Å². The molecule has 0 atom stereocenters. The minimum Gasteiger partial charge on any atom is -0.488 e. The van der Waals surface area contributed by atoms with Crippen molar-refractivity contribution in [1.29, 1.82) is 0 Å². The number of rotatable bonds is 11. The van der Waals surface area contributed by atoms with Crippen LogP contribution in [0.15, 0.2) is 103 Å². The van der Waals surface area contributed by atoms with E-state index in [0.717, 1.165) is 35.1 Å². The lowest BCUT2D eigenvalue weighted by atomic mass is 9.99. The van der Waals surface area contributed by atoms with Gasteiger partial charge in [0.15, 0.2) is 0 Å². The Labute approximate surface area is 212 Å². The van der Waals surface area contributed by atoms with Crippen LogP contribution in [0.3, 0.4) is 0 Å². The third-order valence-electron chi connectivity index (χ3n) is 6.12. The smallest absolute Gasteiger partial charge is 0.257 e. The van der Waals surface area contributed by atoms with E-state index < -0.39 is 0 Å². The monoisotopic (exact) mass is 482 g/mol. The number of aryl methyl sites for hydroxylation is 2. The first-order chi connectivity index (χ1) is 17.6. The van der Waals surface area contributed by atoms with E-state index in [1.807, 2.05) is 72.8 Å². The maximum absolute atomic E-state index is 13.6. The highest BCUT2D eigenvalue weighted by molar-refractivity contribution is 5.97. The van der Waals surface area contributed by atoms with Crippen molar-refractivity contribution >= 4 is 5.91 Å². The molecule has 4 aromatic rings. The summed E-state index contributed by atoms with van der Waals surface area (Å²) in [5.41, 5.74) is 10.8. The van der Waals surface area contributed by atoms with Crippen molar-refractivity contribution in [2.45, 2.75) is 26.0 Å². The Morgan fingerprint density at radius 3 is 2.17 bits per heavy atom. The third-order valence-corrected chi connectivity index (χ3v) is 6.12. The second-order valence-corrected chi connectivity index (χ2v) is 8.68. The molecule has 0 saturated heterocycles. The average Bonchev–Trinajstić information content (AvgIpc) is 2.92. The predicted octanol–water partition coefficient (Wildman–Crippen LogP) is 5.79. The molecule has 0 aromatic heterocycles. The number of nitrogens with two attached hydrogens (primary N) is 1. The number of benzene rings is 4. The van der Waals surface area contributed by atoms with Gasteiger partial charge in [0.25, 0.3) is 5.91 Å². The van der Waals surface area contributed by atoms with Gasteiger partial charge in [-0.2, -0.15) is 0 Å². The number of para-hydroxylation sites is 1. The van der Waals surface area contributed by atoms with Gasteiger partial charge >= 0.3 is 0 Å². The van der Waals surface area contributed by atoms with E-state index in [9.17, 15) is 9.18 Å². The molecule has 0 aliphatic rings. The predicted molar refractivity (Wildman–Crippen MR) is 141 cm³/mol. The van der Waals surface area contributed by atoms with Gasteiger partial charge in [0.05, 0.1) is 5.56 Å². The summed E-state index contributed by atoms with van der Waals surface area (Å²) >= 11 is 0. The SMILES string of the molecule is NCCN(Cc1ccccc1CCc1ccc(F)cc1)C(=O)c1ccccc1OCc1ccccc1. The Balaban J connectivity index is 1.50. The number of hydrogen-bond acceptors (Lipinski definition) is 3. The Morgan fingerprint density at radius 1 is 0.750 bits per heavy atom. The Kier molecular flexibility index (Phi) is 8.84. The largest absolute Gasteiger partial charge is 0.488 e. The van der Waals surface area contributed by atoms with Gasteiger partial charge in [0, 0.05) is 19.6 Å². The highest BCUT2D eigenvalue weighted by Gasteiger charge is 2.20. The Bertz CT molecular complexity index is 1260. The summed E-state index contributed by atoms with van der Waals surface area (Å²) in [4.78, 5) is 15.4. The fourth-order valence-corrected chi connectivity index (χ4v) is 4.17. The highest BCUT2D eigenvalue weighted by Crippen LogP contribution is 2.23. The van der Waals surface area contributed by atoms with E-state index in [0.29, 0.717) is 37.6 Å². The molecule has 0 saturated carbocycles. The molecular weight excluding hydrogens is 451 g/mol. The maximum atomic E-state index is 13.6. The molecule has 0 spiro atoms. The van der Waals surface area contributed by atoms with Crippen molar-refractivity contribution in [3.63, 3.8) is 0 Å². The second-order valence-electron chi connectivity index (χ2n) is 8.68. The van der Waals surface area contributed by atoms with E-state index in [1.165, 1.54) is 12.1 Å². The maximum Gasteiger partial charge on any atom is 0.257 e. The lowest BCUT2D eigenvalue weighted by molar-refractivity contribution is 0.0743. The van der Waals surface area contributed by atoms with Gasteiger partial charge in [-0.15, -0.1) is 0 Å². The number of carbonyl (C=O) groups is 1. The van der Waals surface area contributed by atoms with E-state index in [2.05, 4.69) is 12.1 Å². The minimum absolute atomic E-state index is 0.113. The van der Waals surface area contributed by atoms with Crippen molar-refractivity contribution in [2.24, 2.45) is 5.73 Å². The molecule has 36 heavy (non-hydrogen) atoms. The third kappa shape index (κ3) is 6.80. The van der Waals surface area contributed by atoms with Gasteiger partial charge in [-0.1, -0.05) is 78.9 Å². The van der Waals surface area contributed by atoms with Gasteiger partial charge in [-0.3, -0.25) is 4.79 Å². The van der Waals surface area contributed by atoms with E-state index in [-0.39, 0.29) is 11.7 Å². The summed E-state index contributed by atoms with van der Waals surface area (Å²) in [6, 6.07) is 31.9. The van der Waals surface area contributed by atoms with E-state index >= 15 is 0 Å². The molecular formula is C31H31FN2O2. The summed E-state index contributed by atoms with van der Waals surface area (Å²) < 4.78 is 19.3. The van der Waals surface area contributed by atoms with Crippen molar-refractivity contribution in [2.75, 3.05) is 13.1 Å². The van der Waals surface area contributed by atoms with Crippen LogP contribution in [0.1, 0.15) is 32.6 Å². The van der Waals surface area contributed by atoms with Crippen LogP contribution in [0.5, 0.6) is 5.75 Å². The minimum atomic E-state index is -0.233.